The Labute approximate surface area is 105 Å². The van der Waals surface area contributed by atoms with Crippen molar-refractivity contribution in [1.29, 1.82) is 0 Å². The molecule has 0 amide bonds. The number of ether oxygens (including phenoxy) is 1. The minimum absolute atomic E-state index is 0.566. The summed E-state index contributed by atoms with van der Waals surface area (Å²) in [6, 6.07) is 8.88. The molecule has 1 unspecified atom stereocenters. The summed E-state index contributed by atoms with van der Waals surface area (Å²) < 4.78 is 5.40. The average Bonchev–Trinajstić information content (AvgIpc) is 2.37. The molecule has 96 valence electrons. The van der Waals surface area contributed by atoms with Crippen LogP contribution in [0.3, 0.4) is 0 Å². The molecule has 0 aliphatic carbocycles. The van der Waals surface area contributed by atoms with Gasteiger partial charge in [0.05, 0.1) is 7.11 Å². The second-order valence-electron chi connectivity index (χ2n) is 4.41. The van der Waals surface area contributed by atoms with Gasteiger partial charge in [0.2, 0.25) is 0 Å². The van der Waals surface area contributed by atoms with Crippen LogP contribution in [-0.2, 0) is 6.42 Å². The largest absolute Gasteiger partial charge is 0.496 e. The zero-order chi connectivity index (χ0) is 12.5. The third-order valence-corrected chi connectivity index (χ3v) is 3.06. The molecule has 2 nitrogen and oxygen atoms in total. The van der Waals surface area contributed by atoms with Gasteiger partial charge in [-0.2, -0.15) is 0 Å². The van der Waals surface area contributed by atoms with Gasteiger partial charge in [0.25, 0.3) is 0 Å². The number of hydrogen-bond donors (Lipinski definition) is 1. The molecule has 0 saturated heterocycles. The van der Waals surface area contributed by atoms with Crippen LogP contribution in [0.5, 0.6) is 5.75 Å². The maximum absolute atomic E-state index is 5.40. The molecule has 0 aliphatic heterocycles. The third kappa shape index (κ3) is 4.78. The molecule has 0 bridgehead atoms. The van der Waals surface area contributed by atoms with Crippen molar-refractivity contribution in [1.82, 2.24) is 5.32 Å². The third-order valence-electron chi connectivity index (χ3n) is 3.06. The van der Waals surface area contributed by atoms with E-state index >= 15 is 0 Å². The van der Waals surface area contributed by atoms with Crippen LogP contribution in [0.4, 0.5) is 0 Å². The number of rotatable bonds is 8. The fraction of sp³-hybridized carbons (Fsp3) is 0.600. The maximum atomic E-state index is 5.40. The minimum Gasteiger partial charge on any atom is -0.496 e. The topological polar surface area (TPSA) is 21.3 Å². The standard InChI is InChI=1S/C15H25NO/c1-4-6-10-14(16-5-2)12-13-9-7-8-11-15(13)17-3/h7-9,11,14,16H,4-6,10,12H2,1-3H3. The van der Waals surface area contributed by atoms with Gasteiger partial charge >= 0.3 is 0 Å². The summed E-state index contributed by atoms with van der Waals surface area (Å²) in [5.74, 6) is 1.01. The monoisotopic (exact) mass is 235 g/mol. The average molecular weight is 235 g/mol. The molecule has 0 heterocycles. The molecule has 17 heavy (non-hydrogen) atoms. The lowest BCUT2D eigenvalue weighted by molar-refractivity contribution is 0.402. The van der Waals surface area contributed by atoms with E-state index in [0.717, 1.165) is 18.7 Å². The molecule has 0 aliphatic rings. The van der Waals surface area contributed by atoms with Gasteiger partial charge in [-0.15, -0.1) is 0 Å². The first-order valence-electron chi connectivity index (χ1n) is 6.67. The van der Waals surface area contributed by atoms with E-state index in [2.05, 4.69) is 31.3 Å². The highest BCUT2D eigenvalue weighted by atomic mass is 16.5. The Balaban J connectivity index is 2.63. The molecule has 0 saturated carbocycles. The quantitative estimate of drug-likeness (QED) is 0.745. The van der Waals surface area contributed by atoms with Crippen LogP contribution in [0.15, 0.2) is 24.3 Å². The molecule has 1 aromatic carbocycles. The van der Waals surface area contributed by atoms with Crippen LogP contribution in [0, 0.1) is 0 Å². The van der Waals surface area contributed by atoms with Crippen molar-refractivity contribution in [2.24, 2.45) is 0 Å². The highest BCUT2D eigenvalue weighted by molar-refractivity contribution is 5.33. The Morgan fingerprint density at radius 2 is 2.00 bits per heavy atom. The molecule has 0 radical (unpaired) electrons. The van der Waals surface area contributed by atoms with Gasteiger partial charge in [-0.1, -0.05) is 44.9 Å². The molecular weight excluding hydrogens is 210 g/mol. The van der Waals surface area contributed by atoms with Crippen molar-refractivity contribution >= 4 is 0 Å². The van der Waals surface area contributed by atoms with Crippen LogP contribution in [0.2, 0.25) is 0 Å². The highest BCUT2D eigenvalue weighted by Crippen LogP contribution is 2.20. The van der Waals surface area contributed by atoms with Gasteiger partial charge in [-0.25, -0.2) is 0 Å². The van der Waals surface area contributed by atoms with Crippen molar-refractivity contribution in [3.05, 3.63) is 29.8 Å². The van der Waals surface area contributed by atoms with E-state index in [1.807, 2.05) is 12.1 Å². The van der Waals surface area contributed by atoms with Gasteiger partial charge in [-0.05, 0) is 31.0 Å². The van der Waals surface area contributed by atoms with Gasteiger partial charge in [0, 0.05) is 6.04 Å². The Bertz CT molecular complexity index is 312. The normalized spacial score (nSPS) is 12.4. The molecule has 1 rings (SSSR count). The maximum Gasteiger partial charge on any atom is 0.122 e. The van der Waals surface area contributed by atoms with E-state index in [4.69, 9.17) is 4.74 Å². The molecule has 1 atom stereocenters. The van der Waals surface area contributed by atoms with Crippen molar-refractivity contribution in [3.8, 4) is 5.75 Å². The second kappa shape index (κ2) is 8.13. The molecule has 0 spiro atoms. The van der Waals surface area contributed by atoms with Gasteiger partial charge < -0.3 is 10.1 Å². The zero-order valence-corrected chi connectivity index (χ0v) is 11.3. The van der Waals surface area contributed by atoms with E-state index in [9.17, 15) is 0 Å². The molecule has 0 fully saturated rings. The number of para-hydroxylation sites is 1. The fourth-order valence-electron chi connectivity index (χ4n) is 2.15. The second-order valence-corrected chi connectivity index (χ2v) is 4.41. The lowest BCUT2D eigenvalue weighted by atomic mass is 10.0. The Morgan fingerprint density at radius 1 is 1.24 bits per heavy atom. The van der Waals surface area contributed by atoms with E-state index < -0.39 is 0 Å². The molecule has 1 aromatic rings. The Hall–Kier alpha value is -1.02. The predicted molar refractivity (Wildman–Crippen MR) is 73.7 cm³/mol. The van der Waals surface area contributed by atoms with Crippen molar-refractivity contribution in [3.63, 3.8) is 0 Å². The van der Waals surface area contributed by atoms with Crippen LogP contribution in [0.1, 0.15) is 38.7 Å². The summed E-state index contributed by atoms with van der Waals surface area (Å²) in [6.07, 6.45) is 4.83. The zero-order valence-electron chi connectivity index (χ0n) is 11.3. The van der Waals surface area contributed by atoms with Crippen LogP contribution in [-0.4, -0.2) is 19.7 Å². The number of hydrogen-bond acceptors (Lipinski definition) is 2. The predicted octanol–water partition coefficient (Wildman–Crippen LogP) is 3.41. The van der Waals surface area contributed by atoms with Gasteiger partial charge in [0.1, 0.15) is 5.75 Å². The molecule has 0 aromatic heterocycles. The summed E-state index contributed by atoms with van der Waals surface area (Å²) in [4.78, 5) is 0. The fourth-order valence-corrected chi connectivity index (χ4v) is 2.15. The Morgan fingerprint density at radius 3 is 2.65 bits per heavy atom. The number of methoxy groups -OCH3 is 1. The smallest absolute Gasteiger partial charge is 0.122 e. The first-order valence-corrected chi connectivity index (χ1v) is 6.67. The summed E-state index contributed by atoms with van der Waals surface area (Å²) >= 11 is 0. The molecule has 2 heteroatoms. The van der Waals surface area contributed by atoms with E-state index in [0.29, 0.717) is 6.04 Å². The van der Waals surface area contributed by atoms with Gasteiger partial charge in [-0.3, -0.25) is 0 Å². The summed E-state index contributed by atoms with van der Waals surface area (Å²) in [7, 11) is 1.74. The number of benzene rings is 1. The van der Waals surface area contributed by atoms with E-state index in [1.54, 1.807) is 7.11 Å². The molecular formula is C15H25NO. The van der Waals surface area contributed by atoms with Crippen molar-refractivity contribution < 1.29 is 4.74 Å². The summed E-state index contributed by atoms with van der Waals surface area (Å²) in [5.41, 5.74) is 1.30. The van der Waals surface area contributed by atoms with Crippen LogP contribution in [0.25, 0.3) is 0 Å². The first-order chi connectivity index (χ1) is 8.31. The lowest BCUT2D eigenvalue weighted by Crippen LogP contribution is -2.31. The summed E-state index contributed by atoms with van der Waals surface area (Å²) in [5, 5.41) is 3.56. The highest BCUT2D eigenvalue weighted by Gasteiger charge is 2.10. The van der Waals surface area contributed by atoms with E-state index in [1.165, 1.54) is 24.8 Å². The number of likely N-dealkylation sites (N-methyl/N-ethyl adjacent to an activating group) is 1. The van der Waals surface area contributed by atoms with E-state index in [-0.39, 0.29) is 0 Å². The van der Waals surface area contributed by atoms with Crippen LogP contribution >= 0.6 is 0 Å². The Kier molecular flexibility index (Phi) is 6.71. The summed E-state index contributed by atoms with van der Waals surface area (Å²) in [6.45, 7) is 5.44. The minimum atomic E-state index is 0.566. The molecule has 1 N–H and O–H groups in total. The van der Waals surface area contributed by atoms with Crippen molar-refractivity contribution in [2.45, 2.75) is 45.6 Å². The van der Waals surface area contributed by atoms with Crippen molar-refractivity contribution in [2.75, 3.05) is 13.7 Å². The lowest BCUT2D eigenvalue weighted by Gasteiger charge is -2.19. The SMILES string of the molecule is CCCCC(Cc1ccccc1OC)NCC. The first kappa shape index (κ1) is 14.0. The van der Waals surface area contributed by atoms with Gasteiger partial charge in [0.15, 0.2) is 0 Å². The van der Waals surface area contributed by atoms with Crippen LogP contribution < -0.4 is 10.1 Å². The number of unbranched alkanes of at least 4 members (excludes halogenated alkanes) is 1. The number of nitrogens with one attached hydrogen (secondary N) is 1.